The maximum atomic E-state index is 12.6. The molecule has 0 saturated carbocycles. The summed E-state index contributed by atoms with van der Waals surface area (Å²) in [5, 5.41) is 8.38. The van der Waals surface area contributed by atoms with Crippen molar-refractivity contribution in [2.24, 2.45) is 5.73 Å². The molecule has 1 aromatic heterocycles. The van der Waals surface area contributed by atoms with E-state index < -0.39 is 18.0 Å². The van der Waals surface area contributed by atoms with Crippen LogP contribution in [0.3, 0.4) is 0 Å². The van der Waals surface area contributed by atoms with Crippen molar-refractivity contribution in [1.29, 1.82) is 0 Å². The van der Waals surface area contributed by atoms with Crippen LogP contribution in [0.1, 0.15) is 5.56 Å². The number of aromatic nitrogens is 1. The number of nitrogens with two attached hydrogens (primary N) is 1. The van der Waals surface area contributed by atoms with Crippen LogP contribution in [-0.2, 0) is 11.2 Å². The van der Waals surface area contributed by atoms with Crippen LogP contribution >= 0.6 is 11.6 Å². The Kier molecular flexibility index (Phi) is 3.38. The van der Waals surface area contributed by atoms with Crippen molar-refractivity contribution in [2.45, 2.75) is 12.5 Å². The van der Waals surface area contributed by atoms with Crippen LogP contribution in [0, 0.1) is 5.95 Å². The Balaban J connectivity index is 2.78. The molecule has 14 heavy (non-hydrogen) atoms. The molecule has 0 aliphatic carbocycles. The van der Waals surface area contributed by atoms with Gasteiger partial charge in [0.05, 0.1) is 5.02 Å². The van der Waals surface area contributed by atoms with Crippen molar-refractivity contribution in [2.75, 3.05) is 0 Å². The van der Waals surface area contributed by atoms with E-state index in [1.807, 2.05) is 0 Å². The van der Waals surface area contributed by atoms with Gasteiger partial charge in [0.15, 0.2) is 0 Å². The molecule has 1 heterocycles. The molecule has 0 bridgehead atoms. The highest BCUT2D eigenvalue weighted by Crippen LogP contribution is 2.14. The van der Waals surface area contributed by atoms with E-state index in [1.165, 1.54) is 12.3 Å². The Labute approximate surface area is 84.5 Å². The lowest BCUT2D eigenvalue weighted by molar-refractivity contribution is -0.138. The van der Waals surface area contributed by atoms with Crippen LogP contribution in [0.25, 0.3) is 0 Å². The number of hydrogen-bond donors (Lipinski definition) is 2. The highest BCUT2D eigenvalue weighted by molar-refractivity contribution is 6.30. The largest absolute Gasteiger partial charge is 0.480 e. The maximum absolute atomic E-state index is 12.6. The van der Waals surface area contributed by atoms with E-state index in [1.54, 1.807) is 0 Å². The first-order valence-corrected chi connectivity index (χ1v) is 4.17. The maximum Gasteiger partial charge on any atom is 0.320 e. The van der Waals surface area contributed by atoms with Gasteiger partial charge in [0.2, 0.25) is 5.95 Å². The first-order valence-electron chi connectivity index (χ1n) is 3.79. The minimum absolute atomic E-state index is 0.0718. The molecule has 3 N–H and O–H groups in total. The van der Waals surface area contributed by atoms with Crippen LogP contribution in [0.2, 0.25) is 5.02 Å². The van der Waals surface area contributed by atoms with Gasteiger partial charge >= 0.3 is 5.97 Å². The first kappa shape index (κ1) is 10.9. The summed E-state index contributed by atoms with van der Waals surface area (Å²) in [7, 11) is 0. The minimum atomic E-state index is -1.12. The highest BCUT2D eigenvalue weighted by atomic mass is 35.5. The number of aliphatic carboxylic acids is 1. The van der Waals surface area contributed by atoms with Gasteiger partial charge in [0.25, 0.3) is 0 Å². The molecule has 1 atom stereocenters. The Bertz CT molecular complexity index is 359. The van der Waals surface area contributed by atoms with Crippen LogP contribution in [0.15, 0.2) is 12.3 Å². The molecule has 0 aliphatic rings. The molecule has 0 amide bonds. The zero-order valence-corrected chi connectivity index (χ0v) is 7.83. The number of rotatable bonds is 3. The van der Waals surface area contributed by atoms with Gasteiger partial charge in [0.1, 0.15) is 6.04 Å². The minimum Gasteiger partial charge on any atom is -0.480 e. The second-order valence-corrected chi connectivity index (χ2v) is 3.17. The van der Waals surface area contributed by atoms with Gasteiger partial charge in [-0.25, -0.2) is 4.98 Å². The number of carbonyl (C=O) groups is 1. The Morgan fingerprint density at radius 2 is 2.43 bits per heavy atom. The summed E-state index contributed by atoms with van der Waals surface area (Å²) < 4.78 is 12.6. The molecule has 0 radical (unpaired) electrons. The Morgan fingerprint density at radius 1 is 1.79 bits per heavy atom. The third-order valence-electron chi connectivity index (χ3n) is 1.63. The highest BCUT2D eigenvalue weighted by Gasteiger charge is 2.13. The normalized spacial score (nSPS) is 12.5. The monoisotopic (exact) mass is 218 g/mol. The summed E-state index contributed by atoms with van der Waals surface area (Å²) in [5.74, 6) is -1.90. The average molecular weight is 219 g/mol. The number of halogens is 2. The fourth-order valence-corrected chi connectivity index (χ4v) is 1.10. The van der Waals surface area contributed by atoms with Gasteiger partial charge in [0, 0.05) is 6.20 Å². The lowest BCUT2D eigenvalue weighted by Crippen LogP contribution is -2.32. The summed E-state index contributed by atoms with van der Waals surface area (Å²) in [6.45, 7) is 0. The van der Waals surface area contributed by atoms with E-state index in [0.717, 1.165) is 0 Å². The van der Waals surface area contributed by atoms with Gasteiger partial charge in [-0.2, -0.15) is 4.39 Å². The molecule has 4 nitrogen and oxygen atoms in total. The summed E-state index contributed by atoms with van der Waals surface area (Å²) >= 11 is 5.45. The summed E-state index contributed by atoms with van der Waals surface area (Å²) in [5.41, 5.74) is 5.76. The van der Waals surface area contributed by atoms with Crippen molar-refractivity contribution in [3.63, 3.8) is 0 Å². The van der Waals surface area contributed by atoms with Crippen LogP contribution in [-0.4, -0.2) is 22.1 Å². The van der Waals surface area contributed by atoms with Crippen LogP contribution in [0.4, 0.5) is 4.39 Å². The molecule has 0 aromatic carbocycles. The topological polar surface area (TPSA) is 76.2 Å². The third kappa shape index (κ3) is 2.65. The quantitative estimate of drug-likeness (QED) is 0.737. The second-order valence-electron chi connectivity index (χ2n) is 2.77. The molecule has 0 fully saturated rings. The molecule has 6 heteroatoms. The molecule has 0 unspecified atom stereocenters. The first-order chi connectivity index (χ1) is 6.50. The molecule has 0 saturated heterocycles. The zero-order chi connectivity index (χ0) is 10.7. The second kappa shape index (κ2) is 4.34. The zero-order valence-electron chi connectivity index (χ0n) is 7.08. The molecule has 1 aromatic rings. The Hall–Kier alpha value is -1.20. The van der Waals surface area contributed by atoms with E-state index in [9.17, 15) is 9.18 Å². The molecular formula is C8H8ClFN2O2. The SMILES string of the molecule is N[C@@H](Cc1cnc(F)c(Cl)c1)C(=O)O. The standard InChI is InChI=1S/C8H8ClFN2O2/c9-5-1-4(3-12-7(5)10)2-6(11)8(13)14/h1,3,6H,2,11H2,(H,13,14)/t6-/m0/s1. The number of hydrogen-bond acceptors (Lipinski definition) is 3. The predicted octanol–water partition coefficient (Wildman–Crippen LogP) is 0.829. The molecule has 0 spiro atoms. The van der Waals surface area contributed by atoms with E-state index >= 15 is 0 Å². The average Bonchev–Trinajstić information content (AvgIpc) is 2.11. The lowest BCUT2D eigenvalue weighted by atomic mass is 10.1. The number of nitrogens with zero attached hydrogens (tertiary/aromatic N) is 1. The van der Waals surface area contributed by atoms with E-state index in [-0.39, 0.29) is 11.4 Å². The van der Waals surface area contributed by atoms with Gasteiger partial charge in [-0.05, 0) is 18.1 Å². The van der Waals surface area contributed by atoms with Crippen LogP contribution in [0.5, 0.6) is 0 Å². The molecule has 76 valence electrons. The van der Waals surface area contributed by atoms with Crippen molar-refractivity contribution in [3.05, 3.63) is 28.8 Å². The lowest BCUT2D eigenvalue weighted by Gasteiger charge is -2.05. The summed E-state index contributed by atoms with van der Waals surface area (Å²) in [4.78, 5) is 13.7. The molecular weight excluding hydrogens is 211 g/mol. The van der Waals surface area contributed by atoms with Crippen LogP contribution < -0.4 is 5.73 Å². The predicted molar refractivity (Wildman–Crippen MR) is 48.5 cm³/mol. The van der Waals surface area contributed by atoms with E-state index in [4.69, 9.17) is 22.4 Å². The van der Waals surface area contributed by atoms with Crippen molar-refractivity contribution in [1.82, 2.24) is 4.98 Å². The fourth-order valence-electron chi connectivity index (χ4n) is 0.914. The van der Waals surface area contributed by atoms with Gasteiger partial charge < -0.3 is 10.8 Å². The number of carboxylic acids is 1. The molecule has 0 aliphatic heterocycles. The smallest absolute Gasteiger partial charge is 0.320 e. The van der Waals surface area contributed by atoms with Crippen molar-refractivity contribution >= 4 is 17.6 Å². The van der Waals surface area contributed by atoms with Gasteiger partial charge in [-0.15, -0.1) is 0 Å². The van der Waals surface area contributed by atoms with E-state index in [2.05, 4.69) is 4.98 Å². The fraction of sp³-hybridized carbons (Fsp3) is 0.250. The number of carboxylic acid groups (broad SMARTS) is 1. The van der Waals surface area contributed by atoms with Gasteiger partial charge in [-0.1, -0.05) is 11.6 Å². The van der Waals surface area contributed by atoms with Crippen molar-refractivity contribution < 1.29 is 14.3 Å². The third-order valence-corrected chi connectivity index (χ3v) is 1.89. The van der Waals surface area contributed by atoms with Crippen molar-refractivity contribution in [3.8, 4) is 0 Å². The summed E-state index contributed by atoms with van der Waals surface area (Å²) in [6, 6.07) is 0.283. The number of pyridine rings is 1. The van der Waals surface area contributed by atoms with E-state index in [0.29, 0.717) is 5.56 Å². The van der Waals surface area contributed by atoms with Gasteiger partial charge in [-0.3, -0.25) is 4.79 Å². The Morgan fingerprint density at radius 3 is 2.93 bits per heavy atom. The summed E-state index contributed by atoms with van der Waals surface area (Å²) in [6.07, 6.45) is 1.28. The molecule has 1 rings (SSSR count).